The van der Waals surface area contributed by atoms with Crippen LogP contribution < -0.4 is 10.1 Å². The zero-order valence-electron chi connectivity index (χ0n) is 27.0. The molecule has 0 saturated carbocycles. The van der Waals surface area contributed by atoms with Gasteiger partial charge in [-0.25, -0.2) is 9.78 Å². The number of hydrogen-bond acceptors (Lipinski definition) is 11. The summed E-state index contributed by atoms with van der Waals surface area (Å²) in [7, 11) is 3.43. The predicted molar refractivity (Wildman–Crippen MR) is 174 cm³/mol. The number of nitrogens with one attached hydrogen (secondary N) is 1. The molecular formula is C33H45N3O7S. The normalized spacial score (nSPS) is 10.0. The topological polar surface area (TPSA) is 145 Å². The number of esters is 1. The summed E-state index contributed by atoms with van der Waals surface area (Å²) in [6.45, 7) is 17.3. The maximum Gasteiger partial charge on any atom is 0.352 e. The molecule has 1 atom stereocenters. The van der Waals surface area contributed by atoms with Crippen LogP contribution in [-0.2, 0) is 19.1 Å². The number of aromatic nitrogens is 1. The van der Waals surface area contributed by atoms with Crippen LogP contribution in [0.2, 0.25) is 0 Å². The zero-order chi connectivity index (χ0) is 34.1. The molecule has 0 aliphatic heterocycles. The number of aldehydes is 1. The molecule has 0 fully saturated rings. The van der Waals surface area contributed by atoms with Crippen molar-refractivity contribution in [2.24, 2.45) is 5.92 Å². The van der Waals surface area contributed by atoms with Gasteiger partial charge in [0.1, 0.15) is 41.6 Å². The third-order valence-corrected chi connectivity index (χ3v) is 6.41. The van der Waals surface area contributed by atoms with E-state index in [9.17, 15) is 14.9 Å². The van der Waals surface area contributed by atoms with Gasteiger partial charge in [-0.1, -0.05) is 50.6 Å². The van der Waals surface area contributed by atoms with Gasteiger partial charge in [-0.2, -0.15) is 5.26 Å². The molecule has 3 rings (SSSR count). The minimum absolute atomic E-state index is 0.367. The quantitative estimate of drug-likeness (QED) is 0.156. The van der Waals surface area contributed by atoms with Crippen molar-refractivity contribution in [3.63, 3.8) is 0 Å². The fourth-order valence-electron chi connectivity index (χ4n) is 2.99. The number of carbonyl (C=O) groups is 4. The van der Waals surface area contributed by atoms with Crippen molar-refractivity contribution in [2.45, 2.75) is 54.3 Å². The Hall–Kier alpha value is -4.24. The van der Waals surface area contributed by atoms with E-state index in [0.717, 1.165) is 24.0 Å². The van der Waals surface area contributed by atoms with Crippen LogP contribution in [-0.4, -0.2) is 64.4 Å². The van der Waals surface area contributed by atoms with Gasteiger partial charge in [0.25, 0.3) is 0 Å². The van der Waals surface area contributed by atoms with Gasteiger partial charge in [-0.05, 0) is 64.9 Å². The van der Waals surface area contributed by atoms with Crippen LogP contribution in [0.5, 0.6) is 5.75 Å². The lowest BCUT2D eigenvalue weighted by molar-refractivity contribution is -0.0987. The number of aryl methyl sites for hydroxylation is 2. The molecule has 1 aromatic heterocycles. The van der Waals surface area contributed by atoms with Crippen molar-refractivity contribution in [2.75, 3.05) is 27.3 Å². The lowest BCUT2D eigenvalue weighted by Gasteiger charge is -2.10. The average Bonchev–Trinajstić information content (AvgIpc) is 3.44. The molecule has 10 nitrogen and oxygen atoms in total. The number of methoxy groups -OCH3 is 1. The van der Waals surface area contributed by atoms with Crippen LogP contribution >= 0.6 is 11.3 Å². The predicted octanol–water partition coefficient (Wildman–Crippen LogP) is 6.23. The molecular weight excluding hydrogens is 582 g/mol. The SMILES string of the molecule is C=O.C=O.CCCNC.COC(C)OC(=O)c1sc(-c2ccc(OCC(C)C)c(C#N)c2)nc1C.Cc1ccc(C=O)cc1. The van der Waals surface area contributed by atoms with Crippen LogP contribution in [0.15, 0.2) is 42.5 Å². The van der Waals surface area contributed by atoms with Crippen LogP contribution in [0, 0.1) is 31.1 Å². The second kappa shape index (κ2) is 25.3. The second-order valence-electron chi connectivity index (χ2n) is 9.30. The summed E-state index contributed by atoms with van der Waals surface area (Å²) in [6, 6.07) is 14.9. The molecule has 2 aromatic carbocycles. The Morgan fingerprint density at radius 2 is 1.70 bits per heavy atom. The van der Waals surface area contributed by atoms with Gasteiger partial charge in [0.2, 0.25) is 0 Å². The highest BCUT2D eigenvalue weighted by molar-refractivity contribution is 7.17. The van der Waals surface area contributed by atoms with Crippen LogP contribution in [0.1, 0.15) is 71.0 Å². The summed E-state index contributed by atoms with van der Waals surface area (Å²) in [5, 5.41) is 13.1. The van der Waals surface area contributed by atoms with Gasteiger partial charge < -0.3 is 29.1 Å². The molecule has 0 radical (unpaired) electrons. The lowest BCUT2D eigenvalue weighted by Crippen LogP contribution is -2.16. The molecule has 3 aromatic rings. The van der Waals surface area contributed by atoms with Gasteiger partial charge in [-0.15, -0.1) is 11.3 Å². The fraction of sp³-hybridized carbons (Fsp3) is 0.394. The summed E-state index contributed by atoms with van der Waals surface area (Å²) < 4.78 is 15.8. The van der Waals surface area contributed by atoms with Gasteiger partial charge in [0, 0.05) is 18.2 Å². The molecule has 0 bridgehead atoms. The Labute approximate surface area is 265 Å². The van der Waals surface area contributed by atoms with Gasteiger partial charge >= 0.3 is 5.97 Å². The monoisotopic (exact) mass is 627 g/mol. The molecule has 11 heteroatoms. The van der Waals surface area contributed by atoms with E-state index in [1.54, 1.807) is 26.0 Å². The number of ether oxygens (including phenoxy) is 3. The van der Waals surface area contributed by atoms with E-state index in [0.29, 0.717) is 39.4 Å². The maximum absolute atomic E-state index is 12.2. The van der Waals surface area contributed by atoms with Crippen LogP contribution in [0.4, 0.5) is 0 Å². The zero-order valence-corrected chi connectivity index (χ0v) is 27.8. The third kappa shape index (κ3) is 16.4. The summed E-state index contributed by atoms with van der Waals surface area (Å²) >= 11 is 1.23. The minimum Gasteiger partial charge on any atom is -0.492 e. The largest absolute Gasteiger partial charge is 0.492 e. The van der Waals surface area contributed by atoms with E-state index in [2.05, 4.69) is 23.3 Å². The molecule has 0 aliphatic rings. The number of carbonyl (C=O) groups excluding carboxylic acids is 4. The Bertz CT molecular complexity index is 1270. The third-order valence-electron chi connectivity index (χ3n) is 5.22. The molecule has 0 amide bonds. The van der Waals surface area contributed by atoms with Crippen molar-refractivity contribution in [3.05, 3.63) is 69.7 Å². The highest BCUT2D eigenvalue weighted by Crippen LogP contribution is 2.32. The molecule has 1 unspecified atom stereocenters. The first-order chi connectivity index (χ1) is 21.1. The van der Waals surface area contributed by atoms with Crippen LogP contribution in [0.25, 0.3) is 10.6 Å². The number of benzene rings is 2. The Morgan fingerprint density at radius 3 is 2.16 bits per heavy atom. The fourth-order valence-corrected chi connectivity index (χ4v) is 3.93. The molecule has 240 valence electrons. The molecule has 0 spiro atoms. The number of thiazole rings is 1. The Morgan fingerprint density at radius 1 is 1.09 bits per heavy atom. The van der Waals surface area contributed by atoms with E-state index in [1.165, 1.54) is 30.4 Å². The molecule has 44 heavy (non-hydrogen) atoms. The van der Waals surface area contributed by atoms with E-state index in [1.807, 2.05) is 71.7 Å². The Kier molecular flexibility index (Phi) is 24.1. The molecule has 1 N–H and O–H groups in total. The van der Waals surface area contributed by atoms with Crippen molar-refractivity contribution < 1.29 is 33.4 Å². The first-order valence-electron chi connectivity index (χ1n) is 13.7. The summed E-state index contributed by atoms with van der Waals surface area (Å²) in [6.07, 6.45) is 1.45. The van der Waals surface area contributed by atoms with Gasteiger partial charge in [-0.3, -0.25) is 4.79 Å². The second-order valence-corrected chi connectivity index (χ2v) is 10.3. The van der Waals surface area contributed by atoms with E-state index in [4.69, 9.17) is 23.8 Å². The molecule has 0 aliphatic carbocycles. The number of nitriles is 1. The first-order valence-corrected chi connectivity index (χ1v) is 14.5. The number of hydrogen-bond donors (Lipinski definition) is 1. The smallest absolute Gasteiger partial charge is 0.352 e. The van der Waals surface area contributed by atoms with Crippen LogP contribution in [0.3, 0.4) is 0 Å². The van der Waals surface area contributed by atoms with Crippen molar-refractivity contribution >= 4 is 37.2 Å². The van der Waals surface area contributed by atoms with Crippen molar-refractivity contribution in [3.8, 4) is 22.4 Å². The molecule has 1 heterocycles. The summed E-state index contributed by atoms with van der Waals surface area (Å²) in [4.78, 5) is 43.2. The summed E-state index contributed by atoms with van der Waals surface area (Å²) in [5.74, 6) is 0.440. The van der Waals surface area contributed by atoms with Gasteiger partial charge in [0.05, 0.1) is 17.9 Å². The number of nitrogens with zero attached hydrogens (tertiary/aromatic N) is 2. The lowest BCUT2D eigenvalue weighted by atomic mass is 10.1. The standard InChI is InChI=1S/C19H22N2O4S.C8H8O.C4H11N.2CH2O/c1-11(2)10-24-16-7-6-14(8-15(16)9-20)18-21-12(3)17(26-18)19(22)25-13(4)23-5;1-7-2-4-8(6-9)5-3-7;1-3-4-5-2;2*1-2/h6-8,11,13H,10H2,1-5H3;2-6H,1H3;5H,3-4H2,1-2H3;2*1H2. The minimum atomic E-state index is -0.630. The van der Waals surface area contributed by atoms with E-state index < -0.39 is 12.3 Å². The first kappa shape index (κ1) is 41.9. The average molecular weight is 628 g/mol. The summed E-state index contributed by atoms with van der Waals surface area (Å²) in [5.41, 5.74) is 3.69. The highest BCUT2D eigenvalue weighted by atomic mass is 32.1. The van der Waals surface area contributed by atoms with E-state index in [-0.39, 0.29) is 0 Å². The highest BCUT2D eigenvalue weighted by Gasteiger charge is 2.20. The number of rotatable bonds is 10. The maximum atomic E-state index is 12.2. The molecule has 0 saturated heterocycles. The van der Waals surface area contributed by atoms with Crippen molar-refractivity contribution in [1.29, 1.82) is 5.26 Å². The Balaban J connectivity index is 0. The van der Waals surface area contributed by atoms with E-state index >= 15 is 0 Å². The van der Waals surface area contributed by atoms with Gasteiger partial charge in [0.15, 0.2) is 6.29 Å². The van der Waals surface area contributed by atoms with Crippen molar-refractivity contribution in [1.82, 2.24) is 10.3 Å².